The second-order valence-corrected chi connectivity index (χ2v) is 6.59. The van der Waals surface area contributed by atoms with E-state index < -0.39 is 24.3 Å². The van der Waals surface area contributed by atoms with Crippen molar-refractivity contribution in [3.8, 4) is 5.75 Å². The molecule has 2 aromatic carbocycles. The highest BCUT2D eigenvalue weighted by Gasteiger charge is 2.29. The molecule has 9 heteroatoms. The van der Waals surface area contributed by atoms with Crippen LogP contribution in [0.25, 0.3) is 10.9 Å². The van der Waals surface area contributed by atoms with Crippen LogP contribution in [0.5, 0.6) is 5.75 Å². The SMILES string of the molecule is C=CCn1cc(/C=N/OCC(=O)O)c2cc(OCc3ccc(C(F)(F)F)cc3)ccc21. The quantitative estimate of drug-likeness (QED) is 0.298. The number of hydrogen-bond acceptors (Lipinski definition) is 4. The molecule has 0 aliphatic heterocycles. The second kappa shape index (κ2) is 9.38. The number of halogens is 3. The first kappa shape index (κ1) is 21.9. The van der Waals surface area contributed by atoms with Crippen LogP contribution >= 0.6 is 0 Å². The molecule has 3 aromatic rings. The van der Waals surface area contributed by atoms with Gasteiger partial charge in [0.05, 0.1) is 11.8 Å². The first-order chi connectivity index (χ1) is 14.8. The van der Waals surface area contributed by atoms with E-state index in [-0.39, 0.29) is 6.61 Å². The maximum atomic E-state index is 12.7. The highest BCUT2D eigenvalue weighted by atomic mass is 19.4. The number of carboxylic acid groups (broad SMARTS) is 1. The fourth-order valence-corrected chi connectivity index (χ4v) is 2.93. The molecule has 0 aliphatic carbocycles. The number of carbonyl (C=O) groups is 1. The monoisotopic (exact) mass is 432 g/mol. The highest BCUT2D eigenvalue weighted by molar-refractivity contribution is 6.00. The van der Waals surface area contributed by atoms with Crippen molar-refractivity contribution in [3.63, 3.8) is 0 Å². The Bertz CT molecular complexity index is 1100. The number of aromatic nitrogens is 1. The van der Waals surface area contributed by atoms with E-state index in [9.17, 15) is 18.0 Å². The van der Waals surface area contributed by atoms with Gasteiger partial charge >= 0.3 is 12.1 Å². The van der Waals surface area contributed by atoms with Gasteiger partial charge in [-0.15, -0.1) is 6.58 Å². The van der Waals surface area contributed by atoms with Gasteiger partial charge in [-0.2, -0.15) is 13.2 Å². The fourth-order valence-electron chi connectivity index (χ4n) is 2.93. The van der Waals surface area contributed by atoms with Crippen LogP contribution in [0.15, 0.2) is 66.5 Å². The molecule has 0 fully saturated rings. The molecule has 0 spiro atoms. The number of benzene rings is 2. The molecular formula is C22H19F3N2O4. The zero-order valence-electron chi connectivity index (χ0n) is 16.3. The van der Waals surface area contributed by atoms with Crippen LogP contribution in [0.2, 0.25) is 0 Å². The van der Waals surface area contributed by atoms with Gasteiger partial charge in [-0.25, -0.2) is 4.79 Å². The zero-order chi connectivity index (χ0) is 22.4. The van der Waals surface area contributed by atoms with E-state index in [4.69, 9.17) is 14.7 Å². The smallest absolute Gasteiger partial charge is 0.416 e. The van der Waals surface area contributed by atoms with Crippen molar-refractivity contribution in [2.45, 2.75) is 19.3 Å². The van der Waals surface area contributed by atoms with Crippen LogP contribution in [0.3, 0.4) is 0 Å². The third-order valence-electron chi connectivity index (χ3n) is 4.35. The molecule has 31 heavy (non-hydrogen) atoms. The predicted molar refractivity (Wildman–Crippen MR) is 109 cm³/mol. The van der Waals surface area contributed by atoms with Gasteiger partial charge in [0.25, 0.3) is 0 Å². The van der Waals surface area contributed by atoms with Gasteiger partial charge < -0.3 is 19.2 Å². The van der Waals surface area contributed by atoms with Gasteiger partial charge in [0.2, 0.25) is 6.61 Å². The van der Waals surface area contributed by atoms with Crippen LogP contribution < -0.4 is 4.74 Å². The molecule has 0 aliphatic rings. The van der Waals surface area contributed by atoms with Crippen LogP contribution in [0, 0.1) is 0 Å². The summed E-state index contributed by atoms with van der Waals surface area (Å²) in [5, 5.41) is 13.1. The Morgan fingerprint density at radius 1 is 1.19 bits per heavy atom. The summed E-state index contributed by atoms with van der Waals surface area (Å²) in [6, 6.07) is 10.2. The summed E-state index contributed by atoms with van der Waals surface area (Å²) in [5.74, 6) is -0.616. The summed E-state index contributed by atoms with van der Waals surface area (Å²) in [5.41, 5.74) is 1.44. The Labute approximate surface area is 175 Å². The molecule has 0 bridgehead atoms. The first-order valence-corrected chi connectivity index (χ1v) is 9.18. The molecule has 1 aromatic heterocycles. The summed E-state index contributed by atoms with van der Waals surface area (Å²) in [6.07, 6.45) is 0.579. The molecule has 0 saturated heterocycles. The van der Waals surface area contributed by atoms with E-state index in [1.165, 1.54) is 18.3 Å². The largest absolute Gasteiger partial charge is 0.489 e. The third kappa shape index (κ3) is 5.65. The molecule has 0 unspecified atom stereocenters. The maximum absolute atomic E-state index is 12.7. The van der Waals surface area contributed by atoms with Crippen molar-refractivity contribution >= 4 is 23.1 Å². The van der Waals surface area contributed by atoms with Crippen LogP contribution in [0.1, 0.15) is 16.7 Å². The minimum absolute atomic E-state index is 0.0994. The first-order valence-electron chi connectivity index (χ1n) is 9.18. The minimum Gasteiger partial charge on any atom is -0.489 e. The predicted octanol–water partition coefficient (Wildman–Crippen LogP) is 4.86. The number of rotatable bonds is 9. The normalized spacial score (nSPS) is 11.7. The molecule has 162 valence electrons. The van der Waals surface area contributed by atoms with Gasteiger partial charge in [0.1, 0.15) is 12.4 Å². The molecular weight excluding hydrogens is 413 g/mol. The van der Waals surface area contributed by atoms with E-state index in [2.05, 4.69) is 11.7 Å². The van der Waals surface area contributed by atoms with E-state index in [1.807, 2.05) is 16.8 Å². The minimum atomic E-state index is -4.38. The van der Waals surface area contributed by atoms with Gasteiger partial charge in [-0.3, -0.25) is 0 Å². The average molecular weight is 432 g/mol. The van der Waals surface area contributed by atoms with Crippen LogP contribution in [-0.4, -0.2) is 28.5 Å². The summed E-state index contributed by atoms with van der Waals surface area (Å²) >= 11 is 0. The molecule has 1 N–H and O–H groups in total. The summed E-state index contributed by atoms with van der Waals surface area (Å²) in [6.45, 7) is 3.82. The van der Waals surface area contributed by atoms with E-state index in [1.54, 1.807) is 18.2 Å². The number of alkyl halides is 3. The summed E-state index contributed by atoms with van der Waals surface area (Å²) in [7, 11) is 0. The topological polar surface area (TPSA) is 73.1 Å². The highest BCUT2D eigenvalue weighted by Crippen LogP contribution is 2.30. The van der Waals surface area contributed by atoms with Crippen molar-refractivity contribution in [1.82, 2.24) is 4.57 Å². The Kier molecular flexibility index (Phi) is 6.64. The molecule has 0 amide bonds. The number of ether oxygens (including phenoxy) is 1. The Morgan fingerprint density at radius 3 is 2.58 bits per heavy atom. The van der Waals surface area contributed by atoms with Crippen molar-refractivity contribution < 1.29 is 32.6 Å². The van der Waals surface area contributed by atoms with Crippen molar-refractivity contribution in [2.24, 2.45) is 5.16 Å². The lowest BCUT2D eigenvalue weighted by atomic mass is 10.1. The average Bonchev–Trinajstić information content (AvgIpc) is 3.06. The summed E-state index contributed by atoms with van der Waals surface area (Å²) in [4.78, 5) is 15.2. The van der Waals surface area contributed by atoms with Crippen LogP contribution in [-0.2, 0) is 29.0 Å². The zero-order valence-corrected chi connectivity index (χ0v) is 16.3. The van der Waals surface area contributed by atoms with Crippen molar-refractivity contribution in [1.29, 1.82) is 0 Å². The molecule has 0 saturated carbocycles. The Hall–Kier alpha value is -3.75. The number of aliphatic carboxylic acids is 1. The van der Waals surface area contributed by atoms with Gasteiger partial charge in [-0.05, 0) is 35.9 Å². The Balaban J connectivity index is 1.79. The molecule has 3 rings (SSSR count). The van der Waals surface area contributed by atoms with E-state index in [0.717, 1.165) is 23.0 Å². The third-order valence-corrected chi connectivity index (χ3v) is 4.35. The van der Waals surface area contributed by atoms with E-state index >= 15 is 0 Å². The standard InChI is InChI=1S/C22H19F3N2O4/c1-2-9-27-12-16(11-26-31-14-21(28)29)19-10-18(7-8-20(19)27)30-13-15-3-5-17(6-4-15)22(23,24)25/h2-8,10-12H,1,9,13-14H2,(H,28,29)/b26-11+. The number of allylic oxidation sites excluding steroid dienone is 1. The second-order valence-electron chi connectivity index (χ2n) is 6.59. The van der Waals surface area contributed by atoms with Crippen molar-refractivity contribution in [2.75, 3.05) is 6.61 Å². The molecule has 0 radical (unpaired) electrons. The van der Waals surface area contributed by atoms with Gasteiger partial charge in [0.15, 0.2) is 0 Å². The lowest BCUT2D eigenvalue weighted by Crippen LogP contribution is -2.05. The van der Waals surface area contributed by atoms with Crippen molar-refractivity contribution in [3.05, 3.63) is 78.0 Å². The van der Waals surface area contributed by atoms with Crippen LogP contribution in [0.4, 0.5) is 13.2 Å². The number of fused-ring (bicyclic) bond motifs is 1. The Morgan fingerprint density at radius 2 is 1.94 bits per heavy atom. The molecule has 1 heterocycles. The lowest BCUT2D eigenvalue weighted by Gasteiger charge is -2.09. The number of oxime groups is 1. The number of nitrogens with zero attached hydrogens (tertiary/aromatic N) is 2. The van der Waals surface area contributed by atoms with E-state index in [0.29, 0.717) is 23.4 Å². The lowest BCUT2D eigenvalue weighted by molar-refractivity contribution is -0.142. The summed E-state index contributed by atoms with van der Waals surface area (Å²) < 4.78 is 45.7. The van der Waals surface area contributed by atoms with Gasteiger partial charge in [0, 0.05) is 29.2 Å². The fraction of sp³-hybridized carbons (Fsp3) is 0.182. The number of hydrogen-bond donors (Lipinski definition) is 1. The molecule has 6 nitrogen and oxygen atoms in total. The maximum Gasteiger partial charge on any atom is 0.416 e. The van der Waals surface area contributed by atoms with Gasteiger partial charge in [-0.1, -0.05) is 23.4 Å². The number of carboxylic acids is 1. The molecule has 0 atom stereocenters.